The van der Waals surface area contributed by atoms with Gasteiger partial charge in [-0.2, -0.15) is 0 Å². The standard InChI is InChI=1S/C3H4ClF5S/c4-2-1-3-10(5,6,7,8)9/h1,3H,2H2/b3-1+. The monoisotopic (exact) mass is 202 g/mol. The van der Waals surface area contributed by atoms with Crippen LogP contribution in [0, 0.1) is 0 Å². The fourth-order valence-electron chi connectivity index (χ4n) is 0.218. The van der Waals surface area contributed by atoms with E-state index in [2.05, 4.69) is 0 Å². The fourth-order valence-corrected chi connectivity index (χ4v) is 0.873. The zero-order valence-electron chi connectivity index (χ0n) is 4.54. The van der Waals surface area contributed by atoms with Crippen molar-refractivity contribution in [1.82, 2.24) is 0 Å². The maximum Gasteiger partial charge on any atom is 0.304 e. The third-order valence-corrected chi connectivity index (χ3v) is 1.33. The summed E-state index contributed by atoms with van der Waals surface area (Å²) in [6, 6.07) is 0. The highest BCUT2D eigenvalue weighted by Gasteiger charge is 2.60. The van der Waals surface area contributed by atoms with Gasteiger partial charge < -0.3 is 0 Å². The second kappa shape index (κ2) is 1.79. The van der Waals surface area contributed by atoms with Crippen molar-refractivity contribution in [2.45, 2.75) is 0 Å². The molecule has 0 saturated carbocycles. The van der Waals surface area contributed by atoms with Crippen molar-refractivity contribution in [3.05, 3.63) is 11.5 Å². The summed E-state index contributed by atoms with van der Waals surface area (Å²) in [7, 11) is -9.32. The lowest BCUT2D eigenvalue weighted by Gasteiger charge is -2.36. The van der Waals surface area contributed by atoms with Crippen molar-refractivity contribution in [3.8, 4) is 0 Å². The normalized spacial score (nSPS) is 20.6. The van der Waals surface area contributed by atoms with Crippen LogP contribution < -0.4 is 0 Å². The Morgan fingerprint density at radius 2 is 1.50 bits per heavy atom. The Bertz CT molecular complexity index is 153. The van der Waals surface area contributed by atoms with E-state index in [0.717, 1.165) is 0 Å². The van der Waals surface area contributed by atoms with Gasteiger partial charge in [0.15, 0.2) is 0 Å². The third kappa shape index (κ3) is 8.03. The first-order valence-electron chi connectivity index (χ1n) is 2.02. The molecule has 0 rings (SSSR count). The zero-order valence-corrected chi connectivity index (χ0v) is 6.11. The van der Waals surface area contributed by atoms with E-state index in [-0.39, 0.29) is 6.08 Å². The summed E-state index contributed by atoms with van der Waals surface area (Å²) in [6.07, 6.45) is 0.170. The van der Waals surface area contributed by atoms with Gasteiger partial charge in [0.2, 0.25) is 0 Å². The topological polar surface area (TPSA) is 0 Å². The summed E-state index contributed by atoms with van der Waals surface area (Å²) in [4.78, 5) is 0. The molecule has 0 aliphatic rings. The van der Waals surface area contributed by atoms with Gasteiger partial charge in [-0.15, -0.1) is 11.6 Å². The second-order valence-electron chi connectivity index (χ2n) is 1.55. The van der Waals surface area contributed by atoms with Crippen LogP contribution in [0.25, 0.3) is 0 Å². The predicted molar refractivity (Wildman–Crippen MR) is 33.0 cm³/mol. The van der Waals surface area contributed by atoms with Crippen molar-refractivity contribution in [2.24, 2.45) is 0 Å². The molecule has 0 unspecified atom stereocenters. The van der Waals surface area contributed by atoms with Crippen LogP contribution in [0.1, 0.15) is 0 Å². The maximum absolute atomic E-state index is 11.3. The number of halogens is 6. The SMILES string of the molecule is FS(F)(F)(F)(F)/C=C/CCl. The van der Waals surface area contributed by atoms with Gasteiger partial charge in [0, 0.05) is 5.88 Å². The van der Waals surface area contributed by atoms with E-state index in [0.29, 0.717) is 0 Å². The molecule has 0 radical (unpaired) electrons. The third-order valence-electron chi connectivity index (χ3n) is 0.442. The van der Waals surface area contributed by atoms with Gasteiger partial charge in [-0.05, 0) is 0 Å². The van der Waals surface area contributed by atoms with E-state index < -0.39 is 21.5 Å². The van der Waals surface area contributed by atoms with Gasteiger partial charge in [-0.25, -0.2) is 0 Å². The molecule has 0 aliphatic heterocycles. The highest BCUT2D eigenvalue weighted by Crippen LogP contribution is 2.98. The number of allylic oxidation sites excluding steroid dienone is 1. The van der Waals surface area contributed by atoms with E-state index in [1.807, 2.05) is 0 Å². The van der Waals surface area contributed by atoms with Gasteiger partial charge in [0.1, 0.15) is 0 Å². The van der Waals surface area contributed by atoms with E-state index in [1.54, 1.807) is 0 Å². The Balaban J connectivity index is 4.58. The molecule has 0 saturated heterocycles. The van der Waals surface area contributed by atoms with Crippen LogP contribution in [0.15, 0.2) is 11.5 Å². The molecule has 0 heterocycles. The van der Waals surface area contributed by atoms with E-state index in [4.69, 9.17) is 11.6 Å². The summed E-state index contributed by atoms with van der Waals surface area (Å²) in [5, 5.41) is -1.06. The maximum atomic E-state index is 11.3. The van der Waals surface area contributed by atoms with Crippen molar-refractivity contribution < 1.29 is 19.4 Å². The molecule has 0 bridgehead atoms. The molecule has 0 atom stereocenters. The van der Waals surface area contributed by atoms with Gasteiger partial charge >= 0.3 is 10.2 Å². The van der Waals surface area contributed by atoms with Crippen molar-refractivity contribution in [1.29, 1.82) is 0 Å². The molecule has 64 valence electrons. The number of hydrogen-bond acceptors (Lipinski definition) is 0. The minimum absolute atomic E-state index is 0.170. The van der Waals surface area contributed by atoms with Gasteiger partial charge in [-0.1, -0.05) is 25.5 Å². The molecular weight excluding hydrogens is 199 g/mol. The molecule has 0 aliphatic carbocycles. The Hall–Kier alpha value is 0.0300. The van der Waals surface area contributed by atoms with Gasteiger partial charge in [-0.3, -0.25) is 0 Å². The Kier molecular flexibility index (Phi) is 1.80. The van der Waals surface area contributed by atoms with Gasteiger partial charge in [0.05, 0.1) is 5.41 Å². The molecule has 0 aromatic carbocycles. The fraction of sp³-hybridized carbons (Fsp3) is 0.333. The quantitative estimate of drug-likeness (QED) is 0.468. The van der Waals surface area contributed by atoms with Crippen LogP contribution in [0.4, 0.5) is 19.4 Å². The first-order valence-corrected chi connectivity index (χ1v) is 4.57. The second-order valence-corrected chi connectivity index (χ2v) is 4.19. The summed E-state index contributed by atoms with van der Waals surface area (Å²) < 4.78 is 56.3. The molecule has 7 heteroatoms. The van der Waals surface area contributed by atoms with Crippen molar-refractivity contribution in [3.63, 3.8) is 0 Å². The number of alkyl halides is 1. The molecule has 0 spiro atoms. The van der Waals surface area contributed by atoms with Crippen molar-refractivity contribution >= 4 is 21.8 Å². The molecule has 0 aromatic rings. The smallest absolute Gasteiger partial charge is 0.122 e. The van der Waals surface area contributed by atoms with Crippen molar-refractivity contribution in [2.75, 3.05) is 5.88 Å². The lowest BCUT2D eigenvalue weighted by molar-refractivity contribution is 0.384. The summed E-state index contributed by atoms with van der Waals surface area (Å²) >= 11 is 4.73. The molecule has 0 aromatic heterocycles. The van der Waals surface area contributed by atoms with Crippen LogP contribution in [-0.2, 0) is 0 Å². The summed E-state index contributed by atoms with van der Waals surface area (Å²) in [6.45, 7) is 0. The summed E-state index contributed by atoms with van der Waals surface area (Å²) in [5.41, 5.74) is 0. The Labute approximate surface area is 59.4 Å². The highest BCUT2D eigenvalue weighted by molar-refractivity contribution is 8.48. The van der Waals surface area contributed by atoms with Crippen LogP contribution in [-0.4, -0.2) is 5.88 Å². The lowest BCUT2D eigenvalue weighted by atomic mass is 10.8. The van der Waals surface area contributed by atoms with E-state index in [9.17, 15) is 19.4 Å². The Morgan fingerprint density at radius 1 is 1.10 bits per heavy atom. The molecule has 0 nitrogen and oxygen atoms in total. The minimum atomic E-state index is -9.32. The average molecular weight is 203 g/mol. The highest BCUT2D eigenvalue weighted by atomic mass is 35.5. The first-order chi connectivity index (χ1) is 4.04. The number of hydrogen-bond donors (Lipinski definition) is 0. The zero-order chi connectivity index (χ0) is 8.53. The molecule has 10 heavy (non-hydrogen) atoms. The first kappa shape index (κ1) is 10.0. The number of rotatable bonds is 2. The van der Waals surface area contributed by atoms with Crippen LogP contribution in [0.2, 0.25) is 0 Å². The van der Waals surface area contributed by atoms with Crippen LogP contribution >= 0.6 is 21.8 Å². The molecule has 0 fully saturated rings. The van der Waals surface area contributed by atoms with Gasteiger partial charge in [0.25, 0.3) is 0 Å². The van der Waals surface area contributed by atoms with E-state index >= 15 is 0 Å². The lowest BCUT2D eigenvalue weighted by Crippen LogP contribution is -1.98. The largest absolute Gasteiger partial charge is 0.304 e. The molecule has 0 amide bonds. The molecular formula is C3H4ClF5S. The molecule has 0 N–H and O–H groups in total. The predicted octanol–water partition coefficient (Wildman–Crippen LogP) is 4.04. The van der Waals surface area contributed by atoms with Crippen LogP contribution in [0.3, 0.4) is 0 Å². The Morgan fingerprint density at radius 3 is 1.60 bits per heavy atom. The minimum Gasteiger partial charge on any atom is -0.122 e. The average Bonchev–Trinajstić information content (AvgIpc) is 1.55. The summed E-state index contributed by atoms with van der Waals surface area (Å²) in [5.74, 6) is -0.578. The van der Waals surface area contributed by atoms with E-state index in [1.165, 1.54) is 0 Å². The van der Waals surface area contributed by atoms with Crippen LogP contribution in [0.5, 0.6) is 0 Å².